The number of likely N-dealkylation sites (N-methyl/N-ethyl adjacent to an activating group) is 1. The molecule has 0 aliphatic carbocycles. The first-order valence-corrected chi connectivity index (χ1v) is 11.4. The van der Waals surface area contributed by atoms with Crippen molar-refractivity contribution in [2.75, 3.05) is 43.4 Å². The molecule has 1 saturated heterocycles. The molecule has 1 aliphatic heterocycles. The summed E-state index contributed by atoms with van der Waals surface area (Å²) in [6.07, 6.45) is 1.71. The minimum atomic E-state index is -0.293. The average molecular weight is 459 g/mol. The summed E-state index contributed by atoms with van der Waals surface area (Å²) in [6, 6.07) is 16.0. The van der Waals surface area contributed by atoms with Gasteiger partial charge in [-0.1, -0.05) is 6.07 Å². The minimum Gasteiger partial charge on any atom is -0.369 e. The molecule has 0 saturated carbocycles. The summed E-state index contributed by atoms with van der Waals surface area (Å²) >= 11 is 0. The molecule has 174 valence electrons. The highest BCUT2D eigenvalue weighted by Gasteiger charge is 2.14. The number of rotatable bonds is 5. The fraction of sp³-hybridized carbons (Fsp3) is 0.269. The Morgan fingerprint density at radius 1 is 1.00 bits per heavy atom. The van der Waals surface area contributed by atoms with Crippen LogP contribution in [0.3, 0.4) is 0 Å². The summed E-state index contributed by atoms with van der Waals surface area (Å²) in [5.41, 5.74) is 4.08. The Morgan fingerprint density at radius 3 is 2.50 bits per heavy atom. The van der Waals surface area contributed by atoms with Crippen molar-refractivity contribution in [2.45, 2.75) is 13.5 Å². The van der Waals surface area contributed by atoms with Gasteiger partial charge in [0.15, 0.2) is 0 Å². The average Bonchev–Trinajstić information content (AvgIpc) is 2.83. The second-order valence-electron chi connectivity index (χ2n) is 8.76. The lowest BCUT2D eigenvalue weighted by Gasteiger charge is -2.34. The zero-order valence-electron chi connectivity index (χ0n) is 19.3. The van der Waals surface area contributed by atoms with Gasteiger partial charge in [-0.25, -0.2) is 9.37 Å². The quantitative estimate of drug-likeness (QED) is 0.491. The predicted molar refractivity (Wildman–Crippen MR) is 133 cm³/mol. The fourth-order valence-electron chi connectivity index (χ4n) is 4.24. The number of fused-ring (bicyclic) bond motifs is 1. The highest BCUT2D eigenvalue weighted by molar-refractivity contribution is 5.76. The first-order valence-electron chi connectivity index (χ1n) is 11.4. The highest BCUT2D eigenvalue weighted by atomic mass is 19.1. The third-order valence-corrected chi connectivity index (χ3v) is 6.35. The van der Waals surface area contributed by atoms with Gasteiger partial charge in [0.1, 0.15) is 11.5 Å². The van der Waals surface area contributed by atoms with E-state index >= 15 is 0 Å². The molecule has 8 heteroatoms. The molecule has 34 heavy (non-hydrogen) atoms. The van der Waals surface area contributed by atoms with Crippen LogP contribution in [-0.4, -0.2) is 52.7 Å². The standard InChI is InChI=1S/C26H27FN6O/c1-18-15-21(27)5-3-20(18)17-33-24(34)10-4-19-16-28-26(30-25(19)33)29-22-6-8-23(9-7-22)32-13-11-31(2)12-14-32/h3-10,15-16H,11-14,17H2,1-2H3,(H,28,29,30). The largest absolute Gasteiger partial charge is 0.369 e. The van der Waals surface area contributed by atoms with Gasteiger partial charge in [-0.3, -0.25) is 9.36 Å². The molecule has 1 aliphatic rings. The van der Waals surface area contributed by atoms with E-state index in [2.05, 4.69) is 44.3 Å². The number of aromatic nitrogens is 3. The van der Waals surface area contributed by atoms with Crippen LogP contribution in [0, 0.1) is 12.7 Å². The molecule has 0 unspecified atom stereocenters. The van der Waals surface area contributed by atoms with E-state index in [0.717, 1.165) is 48.4 Å². The number of benzene rings is 2. The zero-order valence-corrected chi connectivity index (χ0v) is 19.3. The van der Waals surface area contributed by atoms with Gasteiger partial charge in [0.05, 0.1) is 6.54 Å². The van der Waals surface area contributed by atoms with Crippen LogP contribution < -0.4 is 15.8 Å². The number of halogens is 1. The van der Waals surface area contributed by atoms with Gasteiger partial charge >= 0.3 is 0 Å². The van der Waals surface area contributed by atoms with E-state index in [4.69, 9.17) is 0 Å². The molecular formula is C26H27FN6O. The summed E-state index contributed by atoms with van der Waals surface area (Å²) in [5, 5.41) is 4.01. The first-order chi connectivity index (χ1) is 16.5. The summed E-state index contributed by atoms with van der Waals surface area (Å²) in [5.74, 6) is 0.119. The van der Waals surface area contributed by atoms with Crippen LogP contribution in [0.1, 0.15) is 11.1 Å². The van der Waals surface area contributed by atoms with E-state index in [1.165, 1.54) is 23.9 Å². The van der Waals surface area contributed by atoms with Gasteiger partial charge in [-0.2, -0.15) is 4.98 Å². The summed E-state index contributed by atoms with van der Waals surface area (Å²) in [4.78, 5) is 26.5. The van der Waals surface area contributed by atoms with E-state index in [0.29, 0.717) is 18.1 Å². The van der Waals surface area contributed by atoms with Crippen molar-refractivity contribution in [1.82, 2.24) is 19.4 Å². The van der Waals surface area contributed by atoms with Crippen LogP contribution in [0.15, 0.2) is 65.6 Å². The van der Waals surface area contributed by atoms with Crippen molar-refractivity contribution in [1.29, 1.82) is 0 Å². The minimum absolute atomic E-state index is 0.169. The Labute approximate surface area is 197 Å². The van der Waals surface area contributed by atoms with E-state index in [-0.39, 0.29) is 11.4 Å². The lowest BCUT2D eigenvalue weighted by Crippen LogP contribution is -2.44. The van der Waals surface area contributed by atoms with Gasteiger partial charge in [-0.15, -0.1) is 0 Å². The third kappa shape index (κ3) is 4.63. The molecule has 0 radical (unpaired) electrons. The van der Waals surface area contributed by atoms with Crippen molar-refractivity contribution < 1.29 is 4.39 Å². The molecule has 2 aromatic heterocycles. The smallest absolute Gasteiger partial charge is 0.252 e. The number of anilines is 3. The Kier molecular flexibility index (Phi) is 5.98. The maximum Gasteiger partial charge on any atom is 0.252 e. The monoisotopic (exact) mass is 458 g/mol. The second-order valence-corrected chi connectivity index (χ2v) is 8.76. The second kappa shape index (κ2) is 9.23. The van der Waals surface area contributed by atoms with Crippen LogP contribution in [0.2, 0.25) is 0 Å². The summed E-state index contributed by atoms with van der Waals surface area (Å²) < 4.78 is 15.1. The van der Waals surface area contributed by atoms with Gasteiger partial charge in [0.25, 0.3) is 5.56 Å². The topological polar surface area (TPSA) is 66.3 Å². The molecule has 0 atom stereocenters. The summed E-state index contributed by atoms with van der Waals surface area (Å²) in [7, 11) is 2.15. The number of piperazine rings is 1. The number of nitrogens with one attached hydrogen (secondary N) is 1. The van der Waals surface area contributed by atoms with E-state index < -0.39 is 0 Å². The van der Waals surface area contributed by atoms with Crippen LogP contribution >= 0.6 is 0 Å². The molecule has 0 spiro atoms. The first kappa shape index (κ1) is 22.0. The normalized spacial score (nSPS) is 14.5. The Hall–Kier alpha value is -3.78. The van der Waals surface area contributed by atoms with Crippen molar-refractivity contribution in [3.05, 3.63) is 88.1 Å². The zero-order chi connectivity index (χ0) is 23.7. The van der Waals surface area contributed by atoms with Gasteiger partial charge in [0.2, 0.25) is 5.95 Å². The molecule has 3 heterocycles. The number of aryl methyl sites for hydroxylation is 1. The van der Waals surface area contributed by atoms with Crippen molar-refractivity contribution in [3.63, 3.8) is 0 Å². The van der Waals surface area contributed by atoms with E-state index in [1.807, 2.05) is 19.1 Å². The lowest BCUT2D eigenvalue weighted by molar-refractivity contribution is 0.313. The van der Waals surface area contributed by atoms with E-state index in [9.17, 15) is 9.18 Å². The molecular weight excluding hydrogens is 431 g/mol. The molecule has 7 nitrogen and oxygen atoms in total. The number of pyridine rings is 1. The summed E-state index contributed by atoms with van der Waals surface area (Å²) in [6.45, 7) is 6.29. The maximum atomic E-state index is 13.5. The SMILES string of the molecule is Cc1cc(F)ccc1Cn1c(=O)ccc2cnc(Nc3ccc(N4CCN(C)CC4)cc3)nc21. The molecule has 1 fully saturated rings. The molecule has 4 aromatic rings. The predicted octanol–water partition coefficient (Wildman–Crippen LogP) is 3.78. The number of nitrogens with zero attached hydrogens (tertiary/aromatic N) is 5. The molecule has 2 aromatic carbocycles. The van der Waals surface area contributed by atoms with Crippen molar-refractivity contribution in [2.24, 2.45) is 0 Å². The molecule has 0 amide bonds. The number of hydrogen-bond acceptors (Lipinski definition) is 6. The van der Waals surface area contributed by atoms with Gasteiger partial charge < -0.3 is 15.1 Å². The fourth-order valence-corrected chi connectivity index (χ4v) is 4.24. The van der Waals surface area contributed by atoms with Crippen molar-refractivity contribution in [3.8, 4) is 0 Å². The molecule has 0 bridgehead atoms. The van der Waals surface area contributed by atoms with E-state index in [1.54, 1.807) is 22.9 Å². The lowest BCUT2D eigenvalue weighted by atomic mass is 10.1. The van der Waals surface area contributed by atoms with Crippen LogP contribution in [0.5, 0.6) is 0 Å². The Bertz CT molecular complexity index is 1380. The van der Waals surface area contributed by atoms with Crippen molar-refractivity contribution >= 4 is 28.4 Å². The van der Waals surface area contributed by atoms with Gasteiger partial charge in [0, 0.05) is 55.2 Å². The maximum absolute atomic E-state index is 13.5. The Balaban J connectivity index is 1.40. The number of hydrogen-bond donors (Lipinski definition) is 1. The van der Waals surface area contributed by atoms with Gasteiger partial charge in [-0.05, 0) is 67.6 Å². The molecule has 1 N–H and O–H groups in total. The molecule has 5 rings (SSSR count). The van der Waals surface area contributed by atoms with Crippen LogP contribution in [-0.2, 0) is 6.54 Å². The third-order valence-electron chi connectivity index (χ3n) is 6.35. The Morgan fingerprint density at radius 2 is 1.76 bits per heavy atom. The highest BCUT2D eigenvalue weighted by Crippen LogP contribution is 2.22. The van der Waals surface area contributed by atoms with Crippen LogP contribution in [0.4, 0.5) is 21.7 Å². The van der Waals surface area contributed by atoms with Crippen LogP contribution in [0.25, 0.3) is 11.0 Å².